The van der Waals surface area contributed by atoms with Gasteiger partial charge in [-0.2, -0.15) is 0 Å². The summed E-state index contributed by atoms with van der Waals surface area (Å²) in [7, 11) is 0. The number of nitrogens with one attached hydrogen (secondary N) is 1. The third kappa shape index (κ3) is 3.30. The smallest absolute Gasteiger partial charge is 0.0219 e. The monoisotopic (exact) mass is 224 g/mol. The standard InChI is InChI=1S/C12H20N2S/c13-11-5-1-2-6-12(11)14-8-7-10-4-3-9-15-10/h3-4,9,11-12,14H,1-2,5-8,13H2/t11-,12-/m1/s1. The van der Waals surface area contributed by atoms with Gasteiger partial charge in [0.1, 0.15) is 0 Å². The molecule has 2 atom stereocenters. The highest BCUT2D eigenvalue weighted by molar-refractivity contribution is 7.09. The van der Waals surface area contributed by atoms with Crippen molar-refractivity contribution in [3.63, 3.8) is 0 Å². The molecule has 3 N–H and O–H groups in total. The van der Waals surface area contributed by atoms with Crippen molar-refractivity contribution in [3.05, 3.63) is 22.4 Å². The van der Waals surface area contributed by atoms with Gasteiger partial charge in [0.15, 0.2) is 0 Å². The first-order chi connectivity index (χ1) is 7.36. The average Bonchev–Trinajstić information content (AvgIpc) is 2.74. The van der Waals surface area contributed by atoms with E-state index in [2.05, 4.69) is 22.8 Å². The van der Waals surface area contributed by atoms with Crippen molar-refractivity contribution >= 4 is 11.3 Å². The predicted octanol–water partition coefficient (Wildman–Crippen LogP) is 2.15. The fourth-order valence-electron chi connectivity index (χ4n) is 2.25. The molecule has 1 heterocycles. The van der Waals surface area contributed by atoms with Gasteiger partial charge >= 0.3 is 0 Å². The van der Waals surface area contributed by atoms with Crippen LogP contribution in [0.5, 0.6) is 0 Å². The van der Waals surface area contributed by atoms with E-state index >= 15 is 0 Å². The normalized spacial score (nSPS) is 26.7. The molecule has 1 fully saturated rings. The average molecular weight is 224 g/mol. The molecule has 1 aliphatic carbocycles. The minimum Gasteiger partial charge on any atom is -0.326 e. The van der Waals surface area contributed by atoms with Gasteiger partial charge in [-0.3, -0.25) is 0 Å². The van der Waals surface area contributed by atoms with Crippen LogP contribution in [-0.4, -0.2) is 18.6 Å². The third-order valence-electron chi connectivity index (χ3n) is 3.18. The maximum atomic E-state index is 6.08. The van der Waals surface area contributed by atoms with Crippen molar-refractivity contribution in [1.82, 2.24) is 5.32 Å². The molecule has 0 radical (unpaired) electrons. The second-order valence-electron chi connectivity index (χ2n) is 4.34. The molecule has 0 amide bonds. The Balaban J connectivity index is 1.68. The van der Waals surface area contributed by atoms with Crippen LogP contribution >= 0.6 is 11.3 Å². The summed E-state index contributed by atoms with van der Waals surface area (Å²) >= 11 is 1.84. The van der Waals surface area contributed by atoms with E-state index in [4.69, 9.17) is 5.73 Å². The third-order valence-corrected chi connectivity index (χ3v) is 4.11. The lowest BCUT2D eigenvalue weighted by atomic mass is 9.91. The van der Waals surface area contributed by atoms with Crippen LogP contribution < -0.4 is 11.1 Å². The van der Waals surface area contributed by atoms with Gasteiger partial charge in [0.05, 0.1) is 0 Å². The maximum Gasteiger partial charge on any atom is 0.0219 e. The van der Waals surface area contributed by atoms with Crippen LogP contribution in [0.1, 0.15) is 30.6 Å². The number of hydrogen-bond donors (Lipinski definition) is 2. The maximum absolute atomic E-state index is 6.08. The van der Waals surface area contributed by atoms with Gasteiger partial charge in [-0.1, -0.05) is 18.9 Å². The molecule has 1 aromatic heterocycles. The summed E-state index contributed by atoms with van der Waals surface area (Å²) in [4.78, 5) is 1.46. The van der Waals surface area contributed by atoms with E-state index in [9.17, 15) is 0 Å². The Labute approximate surface area is 95.9 Å². The van der Waals surface area contributed by atoms with Crippen LogP contribution in [0.4, 0.5) is 0 Å². The van der Waals surface area contributed by atoms with Crippen molar-refractivity contribution < 1.29 is 0 Å². The minimum absolute atomic E-state index is 0.377. The Morgan fingerprint density at radius 2 is 2.27 bits per heavy atom. The van der Waals surface area contributed by atoms with Gasteiger partial charge in [0.2, 0.25) is 0 Å². The van der Waals surface area contributed by atoms with Crippen LogP contribution in [0, 0.1) is 0 Å². The zero-order valence-electron chi connectivity index (χ0n) is 9.11. The lowest BCUT2D eigenvalue weighted by Crippen LogP contribution is -2.47. The highest BCUT2D eigenvalue weighted by Gasteiger charge is 2.20. The molecule has 0 aliphatic heterocycles. The fraction of sp³-hybridized carbons (Fsp3) is 0.667. The summed E-state index contributed by atoms with van der Waals surface area (Å²) in [6.07, 6.45) is 6.23. The molecule has 1 saturated carbocycles. The van der Waals surface area contributed by atoms with E-state index in [-0.39, 0.29) is 0 Å². The van der Waals surface area contributed by atoms with Crippen molar-refractivity contribution in [2.24, 2.45) is 5.73 Å². The van der Waals surface area contributed by atoms with E-state index in [1.54, 1.807) is 0 Å². The van der Waals surface area contributed by atoms with Gasteiger partial charge in [-0.25, -0.2) is 0 Å². The second kappa shape index (κ2) is 5.64. The van der Waals surface area contributed by atoms with Gasteiger partial charge in [-0.05, 0) is 30.7 Å². The molecule has 0 aromatic carbocycles. The SMILES string of the molecule is N[C@@H]1CCCC[C@H]1NCCc1cccs1. The van der Waals surface area contributed by atoms with Crippen LogP contribution in [0.15, 0.2) is 17.5 Å². The molecule has 0 bridgehead atoms. The highest BCUT2D eigenvalue weighted by atomic mass is 32.1. The van der Waals surface area contributed by atoms with Crippen LogP contribution in [0.3, 0.4) is 0 Å². The Bertz CT molecular complexity index is 271. The van der Waals surface area contributed by atoms with Crippen molar-refractivity contribution in [2.45, 2.75) is 44.2 Å². The molecular weight excluding hydrogens is 204 g/mol. The fourth-order valence-corrected chi connectivity index (χ4v) is 2.96. The number of rotatable bonds is 4. The summed E-state index contributed by atoms with van der Waals surface area (Å²) in [5.74, 6) is 0. The number of nitrogens with two attached hydrogens (primary N) is 1. The van der Waals surface area contributed by atoms with E-state index in [0.29, 0.717) is 12.1 Å². The number of thiophene rings is 1. The minimum atomic E-state index is 0.377. The molecule has 0 unspecified atom stereocenters. The molecule has 1 aliphatic rings. The quantitative estimate of drug-likeness (QED) is 0.822. The van der Waals surface area contributed by atoms with Gasteiger partial charge in [0, 0.05) is 23.5 Å². The Morgan fingerprint density at radius 3 is 3.00 bits per heavy atom. The Kier molecular flexibility index (Phi) is 4.18. The lowest BCUT2D eigenvalue weighted by Gasteiger charge is -2.29. The zero-order valence-corrected chi connectivity index (χ0v) is 9.93. The van der Waals surface area contributed by atoms with Crippen molar-refractivity contribution in [1.29, 1.82) is 0 Å². The van der Waals surface area contributed by atoms with Gasteiger partial charge in [0.25, 0.3) is 0 Å². The topological polar surface area (TPSA) is 38.0 Å². The lowest BCUT2D eigenvalue weighted by molar-refractivity contribution is 0.330. The molecule has 2 rings (SSSR count). The second-order valence-corrected chi connectivity index (χ2v) is 5.37. The van der Waals surface area contributed by atoms with Gasteiger partial charge in [-0.15, -0.1) is 11.3 Å². The first-order valence-electron chi connectivity index (χ1n) is 5.87. The first-order valence-corrected chi connectivity index (χ1v) is 6.75. The van der Waals surface area contributed by atoms with E-state index < -0.39 is 0 Å². The molecular formula is C12H20N2S. The molecule has 2 nitrogen and oxygen atoms in total. The van der Waals surface area contributed by atoms with E-state index in [1.807, 2.05) is 11.3 Å². The molecule has 3 heteroatoms. The van der Waals surface area contributed by atoms with Crippen LogP contribution in [0.25, 0.3) is 0 Å². The van der Waals surface area contributed by atoms with Crippen LogP contribution in [0.2, 0.25) is 0 Å². The Hall–Kier alpha value is -0.380. The van der Waals surface area contributed by atoms with Gasteiger partial charge < -0.3 is 11.1 Å². The molecule has 0 saturated heterocycles. The summed E-state index contributed by atoms with van der Waals surface area (Å²) in [5, 5.41) is 5.73. The summed E-state index contributed by atoms with van der Waals surface area (Å²) in [6.45, 7) is 1.07. The van der Waals surface area contributed by atoms with E-state index in [0.717, 1.165) is 13.0 Å². The summed E-state index contributed by atoms with van der Waals surface area (Å²) in [5.41, 5.74) is 6.08. The largest absolute Gasteiger partial charge is 0.326 e. The van der Waals surface area contributed by atoms with Crippen LogP contribution in [-0.2, 0) is 6.42 Å². The van der Waals surface area contributed by atoms with Crippen molar-refractivity contribution in [2.75, 3.05) is 6.54 Å². The summed E-state index contributed by atoms with van der Waals surface area (Å²) < 4.78 is 0. The number of hydrogen-bond acceptors (Lipinski definition) is 3. The van der Waals surface area contributed by atoms with Crippen molar-refractivity contribution in [3.8, 4) is 0 Å². The molecule has 15 heavy (non-hydrogen) atoms. The Morgan fingerprint density at radius 1 is 1.40 bits per heavy atom. The first kappa shape index (κ1) is 11.1. The summed E-state index contributed by atoms with van der Waals surface area (Å²) in [6, 6.07) is 5.25. The molecule has 0 spiro atoms. The molecule has 1 aromatic rings. The zero-order chi connectivity index (χ0) is 10.5. The van der Waals surface area contributed by atoms with E-state index in [1.165, 1.54) is 30.6 Å². The highest BCUT2D eigenvalue weighted by Crippen LogP contribution is 2.17. The molecule has 84 valence electrons. The predicted molar refractivity (Wildman–Crippen MR) is 66.3 cm³/mol.